The zero-order valence-electron chi connectivity index (χ0n) is 9.42. The summed E-state index contributed by atoms with van der Waals surface area (Å²) in [5, 5.41) is 3.38. The van der Waals surface area contributed by atoms with Crippen LogP contribution in [-0.2, 0) is 6.54 Å². The molecule has 0 unspecified atom stereocenters. The van der Waals surface area contributed by atoms with Gasteiger partial charge in [-0.3, -0.25) is 0 Å². The Bertz CT molecular complexity index is 294. The van der Waals surface area contributed by atoms with E-state index in [0.29, 0.717) is 6.04 Å². The van der Waals surface area contributed by atoms with Crippen molar-refractivity contribution in [2.24, 2.45) is 0 Å². The molecule has 0 saturated heterocycles. The van der Waals surface area contributed by atoms with Crippen LogP contribution in [0.3, 0.4) is 0 Å². The minimum absolute atomic E-state index is 0.500. The third kappa shape index (κ3) is 3.04. The molecule has 0 fully saturated rings. The number of ether oxygens (including phenoxy) is 1. The summed E-state index contributed by atoms with van der Waals surface area (Å²) >= 11 is 0. The van der Waals surface area contributed by atoms with Gasteiger partial charge in [0.15, 0.2) is 0 Å². The Morgan fingerprint density at radius 2 is 2.07 bits per heavy atom. The smallest absolute Gasteiger partial charge is 0.123 e. The van der Waals surface area contributed by atoms with Crippen LogP contribution < -0.4 is 10.1 Å². The van der Waals surface area contributed by atoms with E-state index in [4.69, 9.17) is 4.74 Å². The predicted molar refractivity (Wildman–Crippen MR) is 59.7 cm³/mol. The van der Waals surface area contributed by atoms with Gasteiger partial charge >= 0.3 is 0 Å². The van der Waals surface area contributed by atoms with Gasteiger partial charge in [0.2, 0.25) is 0 Å². The summed E-state index contributed by atoms with van der Waals surface area (Å²) in [6.07, 6.45) is 0. The lowest BCUT2D eigenvalue weighted by molar-refractivity contribution is 0.406. The molecule has 0 aromatic heterocycles. The predicted octanol–water partition coefficient (Wildman–Crippen LogP) is 2.50. The number of hydrogen-bond acceptors (Lipinski definition) is 2. The molecule has 78 valence electrons. The first-order valence-corrected chi connectivity index (χ1v) is 5.00. The topological polar surface area (TPSA) is 21.3 Å². The van der Waals surface area contributed by atoms with E-state index in [0.717, 1.165) is 12.3 Å². The molecule has 0 aliphatic carbocycles. The fraction of sp³-hybridized carbons (Fsp3) is 0.500. The molecule has 1 aromatic carbocycles. The Balaban J connectivity index is 2.77. The van der Waals surface area contributed by atoms with Crippen molar-refractivity contribution in [2.75, 3.05) is 7.11 Å². The quantitative estimate of drug-likeness (QED) is 0.793. The van der Waals surface area contributed by atoms with Crippen LogP contribution >= 0.6 is 0 Å². The van der Waals surface area contributed by atoms with E-state index < -0.39 is 0 Å². The van der Waals surface area contributed by atoms with Gasteiger partial charge in [-0.05, 0) is 13.0 Å². The van der Waals surface area contributed by atoms with E-state index in [-0.39, 0.29) is 0 Å². The second-order valence-corrected chi connectivity index (χ2v) is 3.85. The first kappa shape index (κ1) is 11.1. The van der Waals surface area contributed by atoms with Crippen molar-refractivity contribution in [1.29, 1.82) is 0 Å². The molecule has 0 saturated carbocycles. The SMILES string of the molecule is COc1ccc(C)cc1CNC(C)C. The maximum atomic E-state index is 5.29. The molecular formula is C12H19NO. The summed E-state index contributed by atoms with van der Waals surface area (Å²) in [6, 6.07) is 6.75. The maximum Gasteiger partial charge on any atom is 0.123 e. The first-order chi connectivity index (χ1) is 6.63. The fourth-order valence-electron chi connectivity index (χ4n) is 1.36. The van der Waals surface area contributed by atoms with Crippen molar-refractivity contribution in [3.63, 3.8) is 0 Å². The summed E-state index contributed by atoms with van der Waals surface area (Å²) in [5.74, 6) is 0.962. The van der Waals surface area contributed by atoms with Crippen molar-refractivity contribution in [3.05, 3.63) is 29.3 Å². The van der Waals surface area contributed by atoms with Crippen LogP contribution in [0.25, 0.3) is 0 Å². The Morgan fingerprint density at radius 3 is 2.64 bits per heavy atom. The monoisotopic (exact) mass is 193 g/mol. The van der Waals surface area contributed by atoms with Crippen LogP contribution in [0.2, 0.25) is 0 Å². The summed E-state index contributed by atoms with van der Waals surface area (Å²) in [7, 11) is 1.71. The molecular weight excluding hydrogens is 174 g/mol. The molecule has 1 aromatic rings. The summed E-state index contributed by atoms with van der Waals surface area (Å²) < 4.78 is 5.29. The maximum absolute atomic E-state index is 5.29. The standard InChI is InChI=1S/C12H19NO/c1-9(2)13-8-11-7-10(3)5-6-12(11)14-4/h5-7,9,13H,8H2,1-4H3. The van der Waals surface area contributed by atoms with Crippen LogP contribution in [0.1, 0.15) is 25.0 Å². The molecule has 0 aliphatic rings. The third-order valence-corrected chi connectivity index (χ3v) is 2.14. The molecule has 0 bridgehead atoms. The van der Waals surface area contributed by atoms with E-state index in [1.54, 1.807) is 7.11 Å². The fourth-order valence-corrected chi connectivity index (χ4v) is 1.36. The number of aryl methyl sites for hydroxylation is 1. The van der Waals surface area contributed by atoms with Crippen LogP contribution in [-0.4, -0.2) is 13.2 Å². The molecule has 0 radical (unpaired) electrons. The van der Waals surface area contributed by atoms with E-state index in [1.165, 1.54) is 11.1 Å². The van der Waals surface area contributed by atoms with Gasteiger partial charge in [0.1, 0.15) is 5.75 Å². The number of benzene rings is 1. The largest absolute Gasteiger partial charge is 0.496 e. The van der Waals surface area contributed by atoms with Crippen molar-refractivity contribution in [3.8, 4) is 5.75 Å². The van der Waals surface area contributed by atoms with Crippen molar-refractivity contribution >= 4 is 0 Å². The number of nitrogens with one attached hydrogen (secondary N) is 1. The van der Waals surface area contributed by atoms with Gasteiger partial charge < -0.3 is 10.1 Å². The number of methoxy groups -OCH3 is 1. The molecule has 0 amide bonds. The van der Waals surface area contributed by atoms with E-state index >= 15 is 0 Å². The van der Waals surface area contributed by atoms with Gasteiger partial charge in [-0.15, -0.1) is 0 Å². The second kappa shape index (κ2) is 5.01. The highest BCUT2D eigenvalue weighted by Crippen LogP contribution is 2.19. The molecule has 0 heterocycles. The highest BCUT2D eigenvalue weighted by molar-refractivity contribution is 5.36. The summed E-state index contributed by atoms with van der Waals surface area (Å²) in [4.78, 5) is 0. The zero-order valence-corrected chi connectivity index (χ0v) is 9.42. The van der Waals surface area contributed by atoms with Crippen molar-refractivity contribution < 1.29 is 4.74 Å². The van der Waals surface area contributed by atoms with Gasteiger partial charge in [-0.1, -0.05) is 31.5 Å². The Kier molecular flexibility index (Phi) is 3.96. The highest BCUT2D eigenvalue weighted by atomic mass is 16.5. The Labute approximate surface area is 86.3 Å². The lowest BCUT2D eigenvalue weighted by Gasteiger charge is -2.12. The summed E-state index contributed by atoms with van der Waals surface area (Å²) in [6.45, 7) is 7.24. The average molecular weight is 193 g/mol. The average Bonchev–Trinajstić information content (AvgIpc) is 2.15. The molecule has 14 heavy (non-hydrogen) atoms. The number of hydrogen-bond donors (Lipinski definition) is 1. The van der Waals surface area contributed by atoms with Crippen molar-refractivity contribution in [1.82, 2.24) is 5.32 Å². The molecule has 2 nitrogen and oxygen atoms in total. The highest BCUT2D eigenvalue weighted by Gasteiger charge is 2.03. The first-order valence-electron chi connectivity index (χ1n) is 5.00. The van der Waals surface area contributed by atoms with Gasteiger partial charge in [-0.2, -0.15) is 0 Å². The van der Waals surface area contributed by atoms with E-state index in [1.807, 2.05) is 6.07 Å². The lowest BCUT2D eigenvalue weighted by Crippen LogP contribution is -2.22. The van der Waals surface area contributed by atoms with Gasteiger partial charge in [0.25, 0.3) is 0 Å². The molecule has 0 spiro atoms. The van der Waals surface area contributed by atoms with E-state index in [9.17, 15) is 0 Å². The zero-order chi connectivity index (χ0) is 10.6. The van der Waals surface area contributed by atoms with Gasteiger partial charge in [-0.25, -0.2) is 0 Å². The molecule has 2 heteroatoms. The minimum atomic E-state index is 0.500. The van der Waals surface area contributed by atoms with Crippen molar-refractivity contribution in [2.45, 2.75) is 33.4 Å². The molecule has 0 atom stereocenters. The summed E-state index contributed by atoms with van der Waals surface area (Å²) in [5.41, 5.74) is 2.49. The van der Waals surface area contributed by atoms with Crippen LogP contribution in [0, 0.1) is 6.92 Å². The van der Waals surface area contributed by atoms with Crippen LogP contribution in [0.4, 0.5) is 0 Å². The molecule has 0 aliphatic heterocycles. The van der Waals surface area contributed by atoms with Gasteiger partial charge in [0.05, 0.1) is 7.11 Å². The third-order valence-electron chi connectivity index (χ3n) is 2.14. The van der Waals surface area contributed by atoms with E-state index in [2.05, 4.69) is 38.2 Å². The van der Waals surface area contributed by atoms with Gasteiger partial charge in [0, 0.05) is 18.2 Å². The molecule has 1 N–H and O–H groups in total. The Hall–Kier alpha value is -1.02. The lowest BCUT2D eigenvalue weighted by atomic mass is 10.1. The Morgan fingerprint density at radius 1 is 1.36 bits per heavy atom. The number of rotatable bonds is 4. The second-order valence-electron chi connectivity index (χ2n) is 3.85. The molecule has 1 rings (SSSR count). The minimum Gasteiger partial charge on any atom is -0.496 e. The van der Waals surface area contributed by atoms with Crippen LogP contribution in [0.15, 0.2) is 18.2 Å². The van der Waals surface area contributed by atoms with Crippen LogP contribution in [0.5, 0.6) is 5.75 Å². The normalized spacial score (nSPS) is 10.6.